The Hall–Kier alpha value is -3.15. The summed E-state index contributed by atoms with van der Waals surface area (Å²) >= 11 is 0. The molecule has 0 aliphatic carbocycles. The minimum absolute atomic E-state index is 0.0483. The van der Waals surface area contributed by atoms with Crippen LogP contribution in [0.1, 0.15) is 54.9 Å². The van der Waals surface area contributed by atoms with Crippen LogP contribution in [-0.2, 0) is 20.7 Å². The molecule has 2 aromatic rings. The Labute approximate surface area is 183 Å². The lowest BCUT2D eigenvalue weighted by Crippen LogP contribution is -2.21. The fraction of sp³-hybridized carbons (Fsp3) is 0.400. The van der Waals surface area contributed by atoms with Gasteiger partial charge in [-0.1, -0.05) is 37.6 Å². The standard InChI is InChI=1S/C25H30N2O4/c1-2-5-19-6-8-20(9-7-19)23(28)14-15-25(30)31-18-24(29)26-21-10-12-22(13-11-21)27-16-3-4-17-27/h6-13H,2-5,14-18H2,1H3,(H,26,29). The van der Waals surface area contributed by atoms with Gasteiger partial charge in [0.15, 0.2) is 12.4 Å². The first-order valence-electron chi connectivity index (χ1n) is 11.0. The molecule has 6 nitrogen and oxygen atoms in total. The van der Waals surface area contributed by atoms with E-state index in [4.69, 9.17) is 4.74 Å². The molecule has 0 unspecified atom stereocenters. The molecule has 0 radical (unpaired) electrons. The van der Waals surface area contributed by atoms with E-state index in [0.29, 0.717) is 11.3 Å². The number of benzene rings is 2. The Morgan fingerprint density at radius 3 is 2.26 bits per heavy atom. The van der Waals surface area contributed by atoms with Crippen LogP contribution in [0.25, 0.3) is 0 Å². The number of ether oxygens (including phenoxy) is 1. The van der Waals surface area contributed by atoms with Crippen molar-refractivity contribution in [1.29, 1.82) is 0 Å². The molecule has 1 fully saturated rings. The van der Waals surface area contributed by atoms with Gasteiger partial charge >= 0.3 is 5.97 Å². The topological polar surface area (TPSA) is 75.7 Å². The number of nitrogens with zero attached hydrogens (tertiary/aromatic N) is 1. The van der Waals surface area contributed by atoms with E-state index >= 15 is 0 Å². The summed E-state index contributed by atoms with van der Waals surface area (Å²) in [5.41, 5.74) is 3.58. The summed E-state index contributed by atoms with van der Waals surface area (Å²) in [6, 6.07) is 15.1. The Balaban J connectivity index is 1.36. The zero-order valence-corrected chi connectivity index (χ0v) is 18.1. The van der Waals surface area contributed by atoms with Crippen LogP contribution in [0.3, 0.4) is 0 Å². The number of hydrogen-bond acceptors (Lipinski definition) is 5. The smallest absolute Gasteiger partial charge is 0.306 e. The van der Waals surface area contributed by atoms with Crippen molar-refractivity contribution >= 4 is 29.0 Å². The van der Waals surface area contributed by atoms with Crippen LogP contribution in [-0.4, -0.2) is 37.4 Å². The Kier molecular flexibility index (Phi) is 8.21. The molecule has 1 heterocycles. The van der Waals surface area contributed by atoms with Gasteiger partial charge in [-0.25, -0.2) is 0 Å². The molecule has 1 N–H and O–H groups in total. The molecule has 2 aromatic carbocycles. The second kappa shape index (κ2) is 11.3. The maximum Gasteiger partial charge on any atom is 0.306 e. The molecule has 1 aliphatic heterocycles. The lowest BCUT2D eigenvalue weighted by Gasteiger charge is -2.17. The number of nitrogens with one attached hydrogen (secondary N) is 1. The van der Waals surface area contributed by atoms with Crippen molar-refractivity contribution in [2.75, 3.05) is 29.9 Å². The molecule has 1 amide bonds. The number of hydrogen-bond donors (Lipinski definition) is 1. The maximum atomic E-state index is 12.2. The van der Waals surface area contributed by atoms with Crippen molar-refractivity contribution in [3.8, 4) is 0 Å². The zero-order chi connectivity index (χ0) is 22.1. The Morgan fingerprint density at radius 2 is 1.61 bits per heavy atom. The Bertz CT molecular complexity index is 885. The fourth-order valence-electron chi connectivity index (χ4n) is 3.65. The van der Waals surface area contributed by atoms with Gasteiger partial charge in [0.1, 0.15) is 0 Å². The predicted octanol–water partition coefficient (Wildman–Crippen LogP) is 4.38. The van der Waals surface area contributed by atoms with E-state index in [1.165, 1.54) is 18.4 Å². The molecule has 31 heavy (non-hydrogen) atoms. The summed E-state index contributed by atoms with van der Waals surface area (Å²) in [5.74, 6) is -1.07. The molecular weight excluding hydrogens is 392 g/mol. The van der Waals surface area contributed by atoms with Gasteiger partial charge in [-0.15, -0.1) is 0 Å². The normalized spacial score (nSPS) is 13.1. The van der Waals surface area contributed by atoms with Gasteiger partial charge in [0.25, 0.3) is 5.91 Å². The van der Waals surface area contributed by atoms with Crippen LogP contribution in [0.4, 0.5) is 11.4 Å². The number of esters is 1. The molecule has 1 saturated heterocycles. The molecule has 0 saturated carbocycles. The number of Topliss-reactive ketones (excluding diaryl/α,β-unsaturated/α-hetero) is 1. The molecule has 3 rings (SSSR count). The number of amides is 1. The van der Waals surface area contributed by atoms with Crippen molar-refractivity contribution in [3.63, 3.8) is 0 Å². The lowest BCUT2D eigenvalue weighted by atomic mass is 10.0. The monoisotopic (exact) mass is 422 g/mol. The predicted molar refractivity (Wildman–Crippen MR) is 121 cm³/mol. The summed E-state index contributed by atoms with van der Waals surface area (Å²) in [4.78, 5) is 38.5. The van der Waals surface area contributed by atoms with Crippen molar-refractivity contribution in [2.24, 2.45) is 0 Å². The molecule has 0 spiro atoms. The van der Waals surface area contributed by atoms with Gasteiger partial charge in [0.05, 0.1) is 6.42 Å². The third-order valence-electron chi connectivity index (χ3n) is 5.36. The lowest BCUT2D eigenvalue weighted by molar-refractivity contribution is -0.147. The Morgan fingerprint density at radius 1 is 0.935 bits per heavy atom. The van der Waals surface area contributed by atoms with Gasteiger partial charge < -0.3 is 15.0 Å². The first kappa shape index (κ1) is 22.5. The molecular formula is C25H30N2O4. The maximum absolute atomic E-state index is 12.2. The third-order valence-corrected chi connectivity index (χ3v) is 5.36. The van der Waals surface area contributed by atoms with Crippen molar-refractivity contribution in [2.45, 2.75) is 45.4 Å². The van der Waals surface area contributed by atoms with Crippen molar-refractivity contribution in [3.05, 3.63) is 59.7 Å². The quantitative estimate of drug-likeness (QED) is 0.454. The van der Waals surface area contributed by atoms with Gasteiger partial charge in [-0.05, 0) is 49.1 Å². The van der Waals surface area contributed by atoms with Crippen LogP contribution >= 0.6 is 0 Å². The number of anilines is 2. The van der Waals surface area contributed by atoms with E-state index < -0.39 is 11.9 Å². The largest absolute Gasteiger partial charge is 0.456 e. The van der Waals surface area contributed by atoms with E-state index in [0.717, 1.165) is 31.6 Å². The van der Waals surface area contributed by atoms with Crippen LogP contribution in [0.2, 0.25) is 0 Å². The number of carbonyl (C=O) groups is 3. The van der Waals surface area contributed by atoms with Crippen molar-refractivity contribution in [1.82, 2.24) is 0 Å². The second-order valence-corrected chi connectivity index (χ2v) is 7.82. The van der Waals surface area contributed by atoms with Crippen LogP contribution < -0.4 is 10.2 Å². The highest BCUT2D eigenvalue weighted by Crippen LogP contribution is 2.22. The van der Waals surface area contributed by atoms with Crippen LogP contribution in [0.5, 0.6) is 0 Å². The summed E-state index contributed by atoms with van der Waals surface area (Å²) in [5, 5.41) is 2.72. The van der Waals surface area contributed by atoms with Crippen LogP contribution in [0, 0.1) is 0 Å². The zero-order valence-electron chi connectivity index (χ0n) is 18.1. The minimum atomic E-state index is -0.560. The fourth-order valence-corrected chi connectivity index (χ4v) is 3.65. The first-order valence-corrected chi connectivity index (χ1v) is 11.0. The van der Waals surface area contributed by atoms with Gasteiger partial charge in [-0.2, -0.15) is 0 Å². The summed E-state index contributed by atoms with van der Waals surface area (Å²) < 4.78 is 5.01. The highest BCUT2D eigenvalue weighted by Gasteiger charge is 2.14. The first-order chi connectivity index (χ1) is 15.0. The number of ketones is 1. The minimum Gasteiger partial charge on any atom is -0.456 e. The van der Waals surface area contributed by atoms with Gasteiger partial charge in [-0.3, -0.25) is 14.4 Å². The summed E-state index contributed by atoms with van der Waals surface area (Å²) in [6.07, 6.45) is 4.46. The van der Waals surface area contributed by atoms with Gasteiger partial charge in [0, 0.05) is 36.4 Å². The molecule has 1 aliphatic rings. The molecule has 164 valence electrons. The molecule has 6 heteroatoms. The van der Waals surface area contributed by atoms with Crippen LogP contribution in [0.15, 0.2) is 48.5 Å². The van der Waals surface area contributed by atoms with E-state index in [1.54, 1.807) is 12.1 Å². The van der Waals surface area contributed by atoms with E-state index in [-0.39, 0.29) is 25.2 Å². The van der Waals surface area contributed by atoms with Gasteiger partial charge in [0.2, 0.25) is 0 Å². The third kappa shape index (κ3) is 6.95. The highest BCUT2D eigenvalue weighted by atomic mass is 16.5. The average molecular weight is 423 g/mol. The molecule has 0 aromatic heterocycles. The van der Waals surface area contributed by atoms with Crippen molar-refractivity contribution < 1.29 is 19.1 Å². The summed E-state index contributed by atoms with van der Waals surface area (Å²) in [7, 11) is 0. The number of aryl methyl sites for hydroxylation is 1. The van der Waals surface area contributed by atoms with E-state index in [9.17, 15) is 14.4 Å². The SMILES string of the molecule is CCCc1ccc(C(=O)CCC(=O)OCC(=O)Nc2ccc(N3CCCC3)cc2)cc1. The number of carbonyl (C=O) groups excluding carboxylic acids is 3. The summed E-state index contributed by atoms with van der Waals surface area (Å²) in [6.45, 7) is 3.87. The molecule has 0 bridgehead atoms. The highest BCUT2D eigenvalue weighted by molar-refractivity contribution is 5.98. The molecule has 0 atom stereocenters. The second-order valence-electron chi connectivity index (χ2n) is 7.82. The number of rotatable bonds is 10. The van der Waals surface area contributed by atoms with E-state index in [2.05, 4.69) is 17.1 Å². The van der Waals surface area contributed by atoms with E-state index in [1.807, 2.05) is 36.4 Å². The average Bonchev–Trinajstić information content (AvgIpc) is 3.32.